The summed E-state index contributed by atoms with van der Waals surface area (Å²) in [6.07, 6.45) is 7.63. The zero-order valence-corrected chi connectivity index (χ0v) is 20.5. The average molecular weight is 460 g/mol. The Morgan fingerprint density at radius 2 is 2.06 bits per heavy atom. The third kappa shape index (κ3) is 3.98. The van der Waals surface area contributed by atoms with Gasteiger partial charge in [0.05, 0.1) is 30.1 Å². The summed E-state index contributed by atoms with van der Waals surface area (Å²) >= 11 is 0. The maximum atomic E-state index is 12.8. The normalized spacial score (nSPS) is 22.1. The van der Waals surface area contributed by atoms with Gasteiger partial charge in [-0.3, -0.25) is 14.7 Å². The molecule has 3 aromatic rings. The fourth-order valence-electron chi connectivity index (χ4n) is 5.29. The van der Waals surface area contributed by atoms with Crippen molar-refractivity contribution in [2.75, 3.05) is 18.0 Å². The number of nitrogens with zero attached hydrogens (tertiary/aromatic N) is 7. The van der Waals surface area contributed by atoms with Crippen LogP contribution in [0.1, 0.15) is 68.9 Å². The molecule has 8 nitrogen and oxygen atoms in total. The van der Waals surface area contributed by atoms with E-state index in [2.05, 4.69) is 55.0 Å². The minimum absolute atomic E-state index is 0.0821. The molecule has 34 heavy (non-hydrogen) atoms. The Labute approximate surface area is 200 Å². The van der Waals surface area contributed by atoms with E-state index in [1.54, 1.807) is 28.5 Å². The van der Waals surface area contributed by atoms with Crippen LogP contribution < -0.4 is 10.5 Å². The molecular formula is C26H33N7O. The first-order chi connectivity index (χ1) is 16.4. The molecule has 178 valence electrons. The van der Waals surface area contributed by atoms with Gasteiger partial charge >= 0.3 is 0 Å². The molecule has 0 aromatic carbocycles. The Bertz CT molecular complexity index is 1280. The number of rotatable bonds is 6. The first-order valence-corrected chi connectivity index (χ1v) is 12.3. The summed E-state index contributed by atoms with van der Waals surface area (Å²) < 4.78 is 3.32. The Morgan fingerprint density at radius 3 is 2.71 bits per heavy atom. The number of aromatic nitrogens is 4. The number of hydrogen-bond acceptors (Lipinski definition) is 6. The summed E-state index contributed by atoms with van der Waals surface area (Å²) in [7, 11) is 1.73. The van der Waals surface area contributed by atoms with Gasteiger partial charge in [0.15, 0.2) is 5.65 Å². The lowest BCUT2D eigenvalue weighted by Crippen LogP contribution is -2.58. The molecule has 0 N–H and O–H groups in total. The number of aryl methyl sites for hydroxylation is 1. The van der Waals surface area contributed by atoms with E-state index in [4.69, 9.17) is 15.2 Å². The molecule has 1 saturated heterocycles. The Hall–Kier alpha value is -3.18. The molecule has 8 heteroatoms. The van der Waals surface area contributed by atoms with Crippen molar-refractivity contribution in [3.63, 3.8) is 0 Å². The molecular weight excluding hydrogens is 426 g/mol. The van der Waals surface area contributed by atoms with Crippen LogP contribution in [-0.4, -0.2) is 49.2 Å². The van der Waals surface area contributed by atoms with E-state index in [-0.39, 0.29) is 24.1 Å². The van der Waals surface area contributed by atoms with Crippen LogP contribution in [0.4, 0.5) is 5.69 Å². The molecule has 1 saturated carbocycles. The SMILES string of the molecule is CC[C@@H]1CN(c2cc(=O)n(C)n3cc(CC#N)nc23)[C@@H](C)CN1C(C)c1ccc(C2CC2)nc1. The molecule has 0 spiro atoms. The van der Waals surface area contributed by atoms with Crippen molar-refractivity contribution in [1.82, 2.24) is 24.1 Å². The van der Waals surface area contributed by atoms with Gasteiger partial charge in [0.25, 0.3) is 5.56 Å². The van der Waals surface area contributed by atoms with Crippen LogP contribution in [0.3, 0.4) is 0 Å². The highest BCUT2D eigenvalue weighted by Crippen LogP contribution is 2.39. The molecule has 3 aromatic heterocycles. The van der Waals surface area contributed by atoms with Crippen molar-refractivity contribution in [2.24, 2.45) is 7.05 Å². The number of nitriles is 1. The van der Waals surface area contributed by atoms with Crippen LogP contribution in [0.25, 0.3) is 5.65 Å². The van der Waals surface area contributed by atoms with Crippen molar-refractivity contribution in [3.8, 4) is 6.07 Å². The fourth-order valence-corrected chi connectivity index (χ4v) is 5.29. The first kappa shape index (κ1) is 22.6. The fraction of sp³-hybridized carbons (Fsp3) is 0.538. The maximum absolute atomic E-state index is 12.8. The quantitative estimate of drug-likeness (QED) is 0.562. The van der Waals surface area contributed by atoms with Gasteiger partial charge < -0.3 is 4.90 Å². The van der Waals surface area contributed by atoms with Crippen LogP contribution in [0.5, 0.6) is 0 Å². The number of piperazine rings is 1. The smallest absolute Gasteiger partial charge is 0.267 e. The van der Waals surface area contributed by atoms with Crippen LogP contribution in [0.15, 0.2) is 35.4 Å². The van der Waals surface area contributed by atoms with Gasteiger partial charge in [0.1, 0.15) is 0 Å². The molecule has 0 amide bonds. The Kier molecular flexibility index (Phi) is 5.90. The highest BCUT2D eigenvalue weighted by Gasteiger charge is 2.35. The highest BCUT2D eigenvalue weighted by molar-refractivity contribution is 5.69. The lowest BCUT2D eigenvalue weighted by Gasteiger charge is -2.48. The molecule has 1 aliphatic heterocycles. The van der Waals surface area contributed by atoms with E-state index in [0.717, 1.165) is 30.8 Å². The van der Waals surface area contributed by atoms with Gasteiger partial charge in [0, 0.05) is 62.1 Å². The van der Waals surface area contributed by atoms with E-state index < -0.39 is 0 Å². The first-order valence-electron chi connectivity index (χ1n) is 12.3. The van der Waals surface area contributed by atoms with Crippen LogP contribution in [0.2, 0.25) is 0 Å². The van der Waals surface area contributed by atoms with Gasteiger partial charge in [-0.1, -0.05) is 13.0 Å². The molecule has 5 rings (SSSR count). The Morgan fingerprint density at radius 1 is 1.26 bits per heavy atom. The second kappa shape index (κ2) is 8.88. The van der Waals surface area contributed by atoms with Crippen molar-refractivity contribution in [1.29, 1.82) is 5.26 Å². The molecule has 1 unspecified atom stereocenters. The molecule has 2 fully saturated rings. The van der Waals surface area contributed by atoms with Crippen molar-refractivity contribution in [3.05, 3.63) is 57.9 Å². The number of imidazole rings is 1. The molecule has 0 radical (unpaired) electrons. The molecule has 0 bridgehead atoms. The van der Waals surface area contributed by atoms with E-state index in [1.807, 2.05) is 0 Å². The summed E-state index contributed by atoms with van der Waals surface area (Å²) in [5.41, 5.74) is 4.66. The summed E-state index contributed by atoms with van der Waals surface area (Å²) in [6.45, 7) is 8.43. The molecule has 1 aliphatic carbocycles. The van der Waals surface area contributed by atoms with Crippen molar-refractivity contribution >= 4 is 11.3 Å². The monoisotopic (exact) mass is 459 g/mol. The molecule has 2 aliphatic rings. The Balaban J connectivity index is 1.44. The van der Waals surface area contributed by atoms with Gasteiger partial charge in [-0.25, -0.2) is 14.2 Å². The average Bonchev–Trinajstić information content (AvgIpc) is 3.61. The zero-order chi connectivity index (χ0) is 24.0. The van der Waals surface area contributed by atoms with Crippen LogP contribution >= 0.6 is 0 Å². The number of hydrogen-bond donors (Lipinski definition) is 0. The highest BCUT2D eigenvalue weighted by atomic mass is 16.1. The summed E-state index contributed by atoms with van der Waals surface area (Å²) in [5, 5.41) is 9.13. The predicted octanol–water partition coefficient (Wildman–Crippen LogP) is 3.42. The number of pyridine rings is 1. The van der Waals surface area contributed by atoms with Crippen LogP contribution in [-0.2, 0) is 13.5 Å². The van der Waals surface area contributed by atoms with Crippen molar-refractivity contribution < 1.29 is 0 Å². The van der Waals surface area contributed by atoms with E-state index in [0.29, 0.717) is 17.7 Å². The third-order valence-corrected chi connectivity index (χ3v) is 7.58. The van der Waals surface area contributed by atoms with E-state index >= 15 is 0 Å². The topological polar surface area (TPSA) is 82.5 Å². The summed E-state index contributed by atoms with van der Waals surface area (Å²) in [5.74, 6) is 0.670. The van der Waals surface area contributed by atoms with Crippen molar-refractivity contribution in [2.45, 2.75) is 70.5 Å². The lowest BCUT2D eigenvalue weighted by molar-refractivity contribution is 0.106. The third-order valence-electron chi connectivity index (χ3n) is 7.58. The minimum Gasteiger partial charge on any atom is -0.363 e. The van der Waals surface area contributed by atoms with Gasteiger partial charge in [-0.15, -0.1) is 0 Å². The summed E-state index contributed by atoms with van der Waals surface area (Å²) in [4.78, 5) is 27.1. The molecule has 3 atom stereocenters. The van der Waals surface area contributed by atoms with E-state index in [1.165, 1.54) is 24.1 Å². The number of fused-ring (bicyclic) bond motifs is 1. The van der Waals surface area contributed by atoms with Crippen LogP contribution in [0, 0.1) is 11.3 Å². The second-order valence-corrected chi connectivity index (χ2v) is 9.85. The second-order valence-electron chi connectivity index (χ2n) is 9.85. The number of anilines is 1. The van der Waals surface area contributed by atoms with Gasteiger partial charge in [0.2, 0.25) is 0 Å². The summed E-state index contributed by atoms with van der Waals surface area (Å²) in [6, 6.07) is 9.13. The predicted molar refractivity (Wildman–Crippen MR) is 132 cm³/mol. The standard InChI is InChI=1S/C26H33N7O/c1-5-22-16-31(24-12-25(34)30(4)33-15-21(10-11-27)29-26(24)33)17(2)14-32(22)18(3)20-8-9-23(28-13-20)19-6-7-19/h8-9,12-13,15,17-19,22H,5-7,10,14,16H2,1-4H3/t17-,18?,22+/m0/s1. The van der Waals surface area contributed by atoms with Gasteiger partial charge in [-0.05, 0) is 44.7 Å². The maximum Gasteiger partial charge on any atom is 0.267 e. The molecule has 4 heterocycles. The zero-order valence-electron chi connectivity index (χ0n) is 20.5. The minimum atomic E-state index is -0.0821. The van der Waals surface area contributed by atoms with E-state index in [9.17, 15) is 4.79 Å². The largest absolute Gasteiger partial charge is 0.363 e. The lowest BCUT2D eigenvalue weighted by atomic mass is 9.99. The van der Waals surface area contributed by atoms with Gasteiger partial charge in [-0.2, -0.15) is 5.26 Å².